The van der Waals surface area contributed by atoms with E-state index in [2.05, 4.69) is 0 Å². The maximum Gasteiger partial charge on any atom is 0.193 e. The second-order valence-electron chi connectivity index (χ2n) is 5.23. The highest BCUT2D eigenvalue weighted by molar-refractivity contribution is 14.1. The highest BCUT2D eigenvalue weighted by Gasteiger charge is 2.09. The van der Waals surface area contributed by atoms with E-state index in [0.29, 0.717) is 22.6 Å². The molecular formula is C20H15IO4. The van der Waals surface area contributed by atoms with E-state index in [9.17, 15) is 4.79 Å². The molecule has 0 fully saturated rings. The molecule has 0 N–H and O–H groups in total. The number of hydrogen-bond acceptors (Lipinski definition) is 4. The van der Waals surface area contributed by atoms with E-state index in [1.807, 2.05) is 47.3 Å². The van der Waals surface area contributed by atoms with Crippen molar-refractivity contribution >= 4 is 28.8 Å². The molecule has 4 nitrogen and oxygen atoms in total. The summed E-state index contributed by atoms with van der Waals surface area (Å²) in [4.78, 5) is 12.5. The van der Waals surface area contributed by atoms with Gasteiger partial charge in [0.1, 0.15) is 23.0 Å². The molecular weight excluding hydrogens is 431 g/mol. The minimum absolute atomic E-state index is 0.0437. The van der Waals surface area contributed by atoms with Gasteiger partial charge in [-0.05, 0) is 72.8 Å². The molecule has 0 heterocycles. The number of benzene rings is 3. The van der Waals surface area contributed by atoms with Crippen LogP contribution in [0, 0.1) is 0 Å². The molecule has 0 amide bonds. The molecule has 3 aromatic rings. The largest absolute Gasteiger partial charge is 0.497 e. The Bertz CT molecular complexity index is 840. The van der Waals surface area contributed by atoms with Crippen molar-refractivity contribution in [1.82, 2.24) is 0 Å². The van der Waals surface area contributed by atoms with E-state index < -0.39 is 0 Å². The number of hydrogen-bond donors (Lipinski definition) is 0. The Balaban J connectivity index is 1.71. The highest BCUT2D eigenvalue weighted by atomic mass is 127. The molecule has 3 rings (SSSR count). The van der Waals surface area contributed by atoms with Gasteiger partial charge in [-0.25, -0.2) is 0 Å². The van der Waals surface area contributed by atoms with Gasteiger partial charge in [0.15, 0.2) is 28.8 Å². The molecule has 0 aliphatic heterocycles. The van der Waals surface area contributed by atoms with Crippen LogP contribution in [0.15, 0.2) is 72.8 Å². The first-order valence-electron chi connectivity index (χ1n) is 7.55. The van der Waals surface area contributed by atoms with Crippen molar-refractivity contribution in [3.63, 3.8) is 0 Å². The number of carbonyl (C=O) groups is 1. The molecule has 3 aromatic carbocycles. The van der Waals surface area contributed by atoms with Gasteiger partial charge in [0, 0.05) is 11.1 Å². The van der Waals surface area contributed by atoms with Crippen molar-refractivity contribution in [2.45, 2.75) is 0 Å². The van der Waals surface area contributed by atoms with Crippen LogP contribution in [0.3, 0.4) is 0 Å². The predicted octanol–water partition coefficient (Wildman–Crippen LogP) is 5.45. The summed E-state index contributed by atoms with van der Waals surface area (Å²) in [6.45, 7) is 0. The van der Waals surface area contributed by atoms with Crippen molar-refractivity contribution in [3.05, 3.63) is 83.9 Å². The van der Waals surface area contributed by atoms with Gasteiger partial charge in [0.25, 0.3) is 0 Å². The third kappa shape index (κ3) is 4.30. The fourth-order valence-corrected chi connectivity index (χ4v) is 2.57. The number of rotatable bonds is 6. The minimum atomic E-state index is -0.0437. The van der Waals surface area contributed by atoms with Crippen LogP contribution < -0.4 is 12.5 Å². The van der Waals surface area contributed by atoms with Crippen LogP contribution in [0.1, 0.15) is 15.9 Å². The standard InChI is InChI=1S/C20H15IO4/c1-23-16-6-2-14(3-7-16)20(22)15-4-8-17(9-5-15)24-18-10-12-19(25-21)13-11-18/h2-13H,1H3. The van der Waals surface area contributed by atoms with Gasteiger partial charge in [-0.1, -0.05) is 0 Å². The Morgan fingerprint density at radius 2 is 1.08 bits per heavy atom. The van der Waals surface area contributed by atoms with Gasteiger partial charge in [-0.15, -0.1) is 0 Å². The molecule has 126 valence electrons. The lowest BCUT2D eigenvalue weighted by atomic mass is 10.0. The van der Waals surface area contributed by atoms with Crippen molar-refractivity contribution in [1.29, 1.82) is 0 Å². The normalized spacial score (nSPS) is 10.2. The molecule has 0 bridgehead atoms. The molecule has 0 aliphatic rings. The molecule has 0 saturated heterocycles. The zero-order valence-electron chi connectivity index (χ0n) is 13.4. The van der Waals surface area contributed by atoms with Crippen molar-refractivity contribution in [2.24, 2.45) is 0 Å². The summed E-state index contributed by atoms with van der Waals surface area (Å²) >= 11 is 1.83. The van der Waals surface area contributed by atoms with Crippen LogP contribution in [0.5, 0.6) is 23.0 Å². The second-order valence-corrected chi connectivity index (χ2v) is 5.67. The van der Waals surface area contributed by atoms with Gasteiger partial charge in [-0.3, -0.25) is 4.79 Å². The lowest BCUT2D eigenvalue weighted by molar-refractivity contribution is 0.103. The Kier molecular flexibility index (Phi) is 5.55. The third-order valence-electron chi connectivity index (χ3n) is 3.62. The summed E-state index contributed by atoms with van der Waals surface area (Å²) < 4.78 is 16.0. The van der Waals surface area contributed by atoms with E-state index in [1.165, 1.54) is 0 Å². The van der Waals surface area contributed by atoms with Crippen LogP contribution in [0.2, 0.25) is 0 Å². The van der Waals surface area contributed by atoms with Gasteiger partial charge in [0.05, 0.1) is 7.11 Å². The summed E-state index contributed by atoms with van der Waals surface area (Å²) in [6, 6.07) is 21.4. The topological polar surface area (TPSA) is 44.8 Å². The van der Waals surface area contributed by atoms with E-state index >= 15 is 0 Å². The summed E-state index contributed by atoms with van der Waals surface area (Å²) in [6.07, 6.45) is 0. The number of methoxy groups -OCH3 is 1. The zero-order valence-corrected chi connectivity index (χ0v) is 15.6. The van der Waals surface area contributed by atoms with Crippen LogP contribution >= 0.6 is 23.0 Å². The van der Waals surface area contributed by atoms with E-state index in [1.54, 1.807) is 55.6 Å². The summed E-state index contributed by atoms with van der Waals surface area (Å²) in [5.74, 6) is 2.80. The first-order valence-corrected chi connectivity index (χ1v) is 8.43. The average Bonchev–Trinajstić information content (AvgIpc) is 2.69. The number of carbonyl (C=O) groups excluding carboxylic acids is 1. The summed E-state index contributed by atoms with van der Waals surface area (Å²) in [5, 5.41) is 0. The maximum absolute atomic E-state index is 12.5. The monoisotopic (exact) mass is 446 g/mol. The summed E-state index contributed by atoms with van der Waals surface area (Å²) in [7, 11) is 1.60. The quantitative estimate of drug-likeness (QED) is 0.373. The van der Waals surface area contributed by atoms with Crippen LogP contribution in [-0.4, -0.2) is 12.9 Å². The first kappa shape index (κ1) is 17.3. The number of halogens is 1. The second kappa shape index (κ2) is 8.02. The summed E-state index contributed by atoms with van der Waals surface area (Å²) in [5.41, 5.74) is 1.22. The highest BCUT2D eigenvalue weighted by Crippen LogP contribution is 2.25. The third-order valence-corrected chi connectivity index (χ3v) is 4.13. The fourth-order valence-electron chi connectivity index (χ4n) is 2.28. The molecule has 5 heteroatoms. The van der Waals surface area contributed by atoms with Crippen LogP contribution in [-0.2, 0) is 0 Å². The SMILES string of the molecule is COc1ccc(C(=O)c2ccc(Oc3ccc(OI)cc3)cc2)cc1. The smallest absolute Gasteiger partial charge is 0.193 e. The number of ketones is 1. The molecule has 0 radical (unpaired) electrons. The zero-order chi connectivity index (χ0) is 17.6. The first-order chi connectivity index (χ1) is 12.2. The molecule has 25 heavy (non-hydrogen) atoms. The van der Waals surface area contributed by atoms with E-state index in [0.717, 1.165) is 11.5 Å². The lowest BCUT2D eigenvalue weighted by Crippen LogP contribution is -2.01. The van der Waals surface area contributed by atoms with E-state index in [4.69, 9.17) is 12.5 Å². The molecule has 0 aromatic heterocycles. The molecule has 0 saturated carbocycles. The Morgan fingerprint density at radius 3 is 1.52 bits per heavy atom. The van der Waals surface area contributed by atoms with Gasteiger partial charge >= 0.3 is 0 Å². The van der Waals surface area contributed by atoms with Gasteiger partial charge in [0.2, 0.25) is 0 Å². The van der Waals surface area contributed by atoms with Crippen molar-refractivity contribution in [3.8, 4) is 23.0 Å². The van der Waals surface area contributed by atoms with Crippen molar-refractivity contribution in [2.75, 3.05) is 7.11 Å². The fraction of sp³-hybridized carbons (Fsp3) is 0.0500. The molecule has 0 unspecified atom stereocenters. The predicted molar refractivity (Wildman–Crippen MR) is 104 cm³/mol. The van der Waals surface area contributed by atoms with Crippen molar-refractivity contribution < 1.29 is 17.3 Å². The molecule has 0 atom stereocenters. The lowest BCUT2D eigenvalue weighted by Gasteiger charge is -2.07. The maximum atomic E-state index is 12.5. The molecule has 0 aliphatic carbocycles. The van der Waals surface area contributed by atoms with E-state index in [-0.39, 0.29) is 5.78 Å². The van der Waals surface area contributed by atoms with Gasteiger partial charge in [-0.2, -0.15) is 0 Å². The number of ether oxygens (including phenoxy) is 2. The van der Waals surface area contributed by atoms with Crippen LogP contribution in [0.25, 0.3) is 0 Å². The average molecular weight is 446 g/mol. The van der Waals surface area contributed by atoms with Crippen LogP contribution in [0.4, 0.5) is 0 Å². The minimum Gasteiger partial charge on any atom is -0.497 e. The Morgan fingerprint density at radius 1 is 0.680 bits per heavy atom. The van der Waals surface area contributed by atoms with Gasteiger partial charge < -0.3 is 12.5 Å². The Hall–Kier alpha value is -2.54. The Labute approximate surface area is 160 Å². The molecule has 0 spiro atoms.